The Morgan fingerprint density at radius 3 is 3.04 bits per heavy atom. The number of aromatic nitrogens is 4. The Balaban J connectivity index is 1.63. The van der Waals surface area contributed by atoms with E-state index >= 15 is 0 Å². The number of carboxylic acids is 1. The van der Waals surface area contributed by atoms with Gasteiger partial charge in [0.2, 0.25) is 0 Å². The smallest absolute Gasteiger partial charge is 0.356 e. The van der Waals surface area contributed by atoms with Gasteiger partial charge in [0.15, 0.2) is 5.69 Å². The first-order valence-corrected chi connectivity index (χ1v) is 8.06. The number of rotatable bonds is 3. The van der Waals surface area contributed by atoms with E-state index in [1.54, 1.807) is 18.1 Å². The van der Waals surface area contributed by atoms with Gasteiger partial charge in [0, 0.05) is 56.4 Å². The van der Waals surface area contributed by atoms with Crippen LogP contribution in [0.2, 0.25) is 0 Å². The Hall–Kier alpha value is -2.48. The Morgan fingerprint density at radius 2 is 2.29 bits per heavy atom. The van der Waals surface area contributed by atoms with Gasteiger partial charge in [-0.2, -0.15) is 5.10 Å². The summed E-state index contributed by atoms with van der Waals surface area (Å²) in [5.74, 6) is 0.165. The summed E-state index contributed by atoms with van der Waals surface area (Å²) in [5.41, 5.74) is 2.89. The highest BCUT2D eigenvalue weighted by Crippen LogP contribution is 2.28. The Bertz CT molecular complexity index is 782. The zero-order valence-electron chi connectivity index (χ0n) is 13.5. The molecule has 126 valence electrons. The molecule has 0 amide bonds. The number of hydrogen-bond acceptors (Lipinski definition) is 6. The molecule has 0 spiro atoms. The molecule has 0 unspecified atom stereocenters. The molecule has 8 heteroatoms. The molecule has 4 heterocycles. The van der Waals surface area contributed by atoms with Crippen molar-refractivity contribution in [1.82, 2.24) is 19.7 Å². The highest BCUT2D eigenvalue weighted by molar-refractivity contribution is 5.87. The molecule has 1 atom stereocenters. The molecule has 24 heavy (non-hydrogen) atoms. The number of nitrogens with zero attached hydrogens (tertiary/aromatic N) is 5. The fourth-order valence-corrected chi connectivity index (χ4v) is 3.49. The largest absolute Gasteiger partial charge is 0.476 e. The number of anilines is 1. The van der Waals surface area contributed by atoms with Crippen LogP contribution in [0.25, 0.3) is 0 Å². The second-order valence-corrected chi connectivity index (χ2v) is 6.24. The number of aromatic carboxylic acids is 1. The zero-order chi connectivity index (χ0) is 16.7. The quantitative estimate of drug-likeness (QED) is 0.897. The summed E-state index contributed by atoms with van der Waals surface area (Å²) in [5, 5.41) is 13.5. The summed E-state index contributed by atoms with van der Waals surface area (Å²) in [6.07, 6.45) is 3.31. The first-order chi connectivity index (χ1) is 11.6. The van der Waals surface area contributed by atoms with Crippen molar-refractivity contribution >= 4 is 11.8 Å². The Labute approximate surface area is 139 Å². The molecular formula is C16H19N5O3. The molecular weight excluding hydrogens is 310 g/mol. The number of carboxylic acid groups (broad SMARTS) is 1. The molecule has 2 aromatic rings. The summed E-state index contributed by atoms with van der Waals surface area (Å²) in [4.78, 5) is 22.3. The minimum absolute atomic E-state index is 0.135. The van der Waals surface area contributed by atoms with Crippen LogP contribution in [0.5, 0.6) is 0 Å². The SMILES string of the molecule is Cn1nc(C(=O)O)c2c1CCN(c1cc([C@H]3CCOC3)ncn1)C2. The topological polar surface area (TPSA) is 93.4 Å². The van der Waals surface area contributed by atoms with Gasteiger partial charge < -0.3 is 14.7 Å². The maximum absolute atomic E-state index is 11.4. The van der Waals surface area contributed by atoms with Crippen molar-refractivity contribution in [2.24, 2.45) is 7.05 Å². The fraction of sp³-hybridized carbons (Fsp3) is 0.500. The molecule has 0 aliphatic carbocycles. The summed E-state index contributed by atoms with van der Waals surface area (Å²) >= 11 is 0. The van der Waals surface area contributed by atoms with Gasteiger partial charge in [-0.05, 0) is 6.42 Å². The highest BCUT2D eigenvalue weighted by Gasteiger charge is 2.28. The van der Waals surface area contributed by atoms with Gasteiger partial charge in [-0.3, -0.25) is 4.68 Å². The van der Waals surface area contributed by atoms with Crippen molar-refractivity contribution in [3.05, 3.63) is 35.0 Å². The standard InChI is InChI=1S/C16H19N5O3/c1-20-13-2-4-21(7-11(13)15(19-20)16(22)23)14-6-12(17-9-18-14)10-3-5-24-8-10/h6,9-10H,2-5,7-8H2,1H3,(H,22,23)/t10-/m0/s1. The zero-order valence-corrected chi connectivity index (χ0v) is 13.5. The van der Waals surface area contributed by atoms with E-state index in [0.29, 0.717) is 19.1 Å². The van der Waals surface area contributed by atoms with Gasteiger partial charge in [-0.15, -0.1) is 0 Å². The minimum Gasteiger partial charge on any atom is -0.476 e. The van der Waals surface area contributed by atoms with Crippen molar-refractivity contribution in [1.29, 1.82) is 0 Å². The number of aryl methyl sites for hydroxylation is 1. The van der Waals surface area contributed by atoms with Crippen LogP contribution in [0.15, 0.2) is 12.4 Å². The Morgan fingerprint density at radius 1 is 1.42 bits per heavy atom. The third-order valence-corrected chi connectivity index (χ3v) is 4.79. The lowest BCUT2D eigenvalue weighted by Gasteiger charge is -2.28. The van der Waals surface area contributed by atoms with Gasteiger partial charge in [-0.25, -0.2) is 14.8 Å². The lowest BCUT2D eigenvalue weighted by molar-refractivity contribution is 0.0688. The van der Waals surface area contributed by atoms with Gasteiger partial charge in [0.05, 0.1) is 12.3 Å². The molecule has 2 aliphatic heterocycles. The molecule has 1 fully saturated rings. The van der Waals surface area contributed by atoms with Crippen LogP contribution in [0.4, 0.5) is 5.82 Å². The van der Waals surface area contributed by atoms with Gasteiger partial charge in [-0.1, -0.05) is 0 Å². The number of ether oxygens (including phenoxy) is 1. The maximum atomic E-state index is 11.4. The molecule has 0 bridgehead atoms. The number of hydrogen-bond donors (Lipinski definition) is 1. The van der Waals surface area contributed by atoms with E-state index in [-0.39, 0.29) is 5.69 Å². The summed E-state index contributed by atoms with van der Waals surface area (Å²) in [7, 11) is 1.80. The predicted octanol–water partition coefficient (Wildman–Crippen LogP) is 0.975. The molecule has 8 nitrogen and oxygen atoms in total. The van der Waals surface area contributed by atoms with Gasteiger partial charge in [0.25, 0.3) is 0 Å². The minimum atomic E-state index is -0.986. The molecule has 0 radical (unpaired) electrons. The van der Waals surface area contributed by atoms with E-state index in [1.165, 1.54) is 0 Å². The molecule has 0 saturated carbocycles. The molecule has 4 rings (SSSR count). The normalized spacial score (nSPS) is 20.2. The van der Waals surface area contributed by atoms with Crippen molar-refractivity contribution in [3.63, 3.8) is 0 Å². The lowest BCUT2D eigenvalue weighted by atomic mass is 10.0. The van der Waals surface area contributed by atoms with E-state index < -0.39 is 5.97 Å². The fourth-order valence-electron chi connectivity index (χ4n) is 3.49. The number of fused-ring (bicyclic) bond motifs is 1. The first-order valence-electron chi connectivity index (χ1n) is 8.06. The second-order valence-electron chi connectivity index (χ2n) is 6.24. The Kier molecular flexibility index (Phi) is 3.68. The molecule has 2 aromatic heterocycles. The van der Waals surface area contributed by atoms with Crippen LogP contribution in [0.3, 0.4) is 0 Å². The van der Waals surface area contributed by atoms with E-state index in [4.69, 9.17) is 4.74 Å². The molecule has 1 N–H and O–H groups in total. The van der Waals surface area contributed by atoms with Crippen LogP contribution in [0, 0.1) is 0 Å². The lowest BCUT2D eigenvalue weighted by Crippen LogP contribution is -2.32. The van der Waals surface area contributed by atoms with E-state index in [9.17, 15) is 9.90 Å². The van der Waals surface area contributed by atoms with Crippen molar-refractivity contribution < 1.29 is 14.6 Å². The summed E-state index contributed by atoms with van der Waals surface area (Å²) in [6.45, 7) is 2.76. The van der Waals surface area contributed by atoms with Crippen LogP contribution in [-0.2, 0) is 24.8 Å². The molecule has 2 aliphatic rings. The van der Waals surface area contributed by atoms with Crippen LogP contribution in [-0.4, -0.2) is 50.6 Å². The molecule has 1 saturated heterocycles. The van der Waals surface area contributed by atoms with Gasteiger partial charge >= 0.3 is 5.97 Å². The molecule has 0 aromatic carbocycles. The highest BCUT2D eigenvalue weighted by atomic mass is 16.5. The second kappa shape index (κ2) is 5.86. The van der Waals surface area contributed by atoms with Crippen molar-refractivity contribution in [2.45, 2.75) is 25.3 Å². The van der Waals surface area contributed by atoms with Crippen molar-refractivity contribution in [2.75, 3.05) is 24.7 Å². The predicted molar refractivity (Wildman–Crippen MR) is 85.1 cm³/mol. The van der Waals surface area contributed by atoms with E-state index in [0.717, 1.165) is 48.8 Å². The van der Waals surface area contributed by atoms with Gasteiger partial charge in [0.1, 0.15) is 12.1 Å². The van der Waals surface area contributed by atoms with Crippen molar-refractivity contribution in [3.8, 4) is 0 Å². The van der Waals surface area contributed by atoms with Crippen LogP contribution < -0.4 is 4.90 Å². The maximum Gasteiger partial charge on any atom is 0.356 e. The van der Waals surface area contributed by atoms with E-state index in [1.807, 2.05) is 6.07 Å². The first kappa shape index (κ1) is 15.1. The summed E-state index contributed by atoms with van der Waals surface area (Å²) in [6, 6.07) is 2.00. The average Bonchev–Trinajstić information content (AvgIpc) is 3.23. The summed E-state index contributed by atoms with van der Waals surface area (Å²) < 4.78 is 7.12. The number of carbonyl (C=O) groups is 1. The third-order valence-electron chi connectivity index (χ3n) is 4.79. The van der Waals surface area contributed by atoms with Crippen LogP contribution in [0.1, 0.15) is 39.8 Å². The van der Waals surface area contributed by atoms with E-state index in [2.05, 4.69) is 20.0 Å². The van der Waals surface area contributed by atoms with Crippen LogP contribution >= 0.6 is 0 Å². The third kappa shape index (κ3) is 2.52. The average molecular weight is 329 g/mol. The monoisotopic (exact) mass is 329 g/mol.